The Morgan fingerprint density at radius 3 is 2.26 bits per heavy atom. The molecule has 10 heteroatoms. The van der Waals surface area contributed by atoms with E-state index in [1.165, 1.54) is 17.8 Å². The summed E-state index contributed by atoms with van der Waals surface area (Å²) in [6, 6.07) is 27.6. The lowest BCUT2D eigenvalue weighted by Gasteiger charge is -2.14. The highest BCUT2D eigenvalue weighted by atomic mass is 35.5. The zero-order valence-corrected chi connectivity index (χ0v) is 25.0. The van der Waals surface area contributed by atoms with Gasteiger partial charge in [-0.15, -0.1) is 11.8 Å². The summed E-state index contributed by atoms with van der Waals surface area (Å²) in [7, 11) is 1.57. The summed E-state index contributed by atoms with van der Waals surface area (Å²) in [6.07, 6.45) is 1.49. The van der Waals surface area contributed by atoms with Crippen molar-refractivity contribution in [2.45, 2.75) is 17.1 Å². The molecule has 0 aliphatic heterocycles. The first kappa shape index (κ1) is 30.7. The molecule has 42 heavy (non-hydrogen) atoms. The van der Waals surface area contributed by atoms with Crippen LogP contribution in [0, 0.1) is 0 Å². The number of nitrogens with one attached hydrogen (secondary N) is 3. The molecule has 0 heterocycles. The number of amides is 3. The van der Waals surface area contributed by atoms with E-state index in [1.807, 2.05) is 6.92 Å². The first-order valence-electron chi connectivity index (χ1n) is 12.8. The molecule has 4 aromatic carbocycles. The fraction of sp³-hybridized carbons (Fsp3) is 0.0938. The van der Waals surface area contributed by atoms with E-state index in [0.717, 1.165) is 4.90 Å². The highest BCUT2D eigenvalue weighted by molar-refractivity contribution is 8.00. The molecule has 3 amide bonds. The maximum Gasteiger partial charge on any atom is 0.272 e. The first-order chi connectivity index (χ1) is 20.2. The number of anilines is 2. The number of hydrogen-bond acceptors (Lipinski definition) is 5. The number of ether oxygens (including phenoxy) is 1. The van der Waals surface area contributed by atoms with Crippen molar-refractivity contribution in [3.8, 4) is 5.75 Å². The Morgan fingerprint density at radius 1 is 0.833 bits per heavy atom. The van der Waals surface area contributed by atoms with Crippen LogP contribution in [0.25, 0.3) is 6.08 Å². The maximum absolute atomic E-state index is 13.3. The summed E-state index contributed by atoms with van der Waals surface area (Å²) in [6.45, 7) is 1.81. The maximum atomic E-state index is 13.3. The zero-order chi connectivity index (χ0) is 30.1. The van der Waals surface area contributed by atoms with Gasteiger partial charge in [0.05, 0.1) is 12.4 Å². The lowest BCUT2D eigenvalue weighted by atomic mass is 10.1. The highest BCUT2D eigenvalue weighted by Crippen LogP contribution is 2.27. The molecule has 3 N–H and O–H groups in total. The molecule has 7 nitrogen and oxygen atoms in total. The van der Waals surface area contributed by atoms with Gasteiger partial charge in [-0.25, -0.2) is 0 Å². The second-order valence-electron chi connectivity index (χ2n) is 9.00. The summed E-state index contributed by atoms with van der Waals surface area (Å²) in [5.74, 6) is -0.498. The monoisotopic (exact) mass is 619 g/mol. The Labute approximate surface area is 258 Å². The zero-order valence-electron chi connectivity index (χ0n) is 22.7. The molecule has 1 unspecified atom stereocenters. The van der Waals surface area contributed by atoms with Crippen molar-refractivity contribution in [3.63, 3.8) is 0 Å². The number of methoxy groups -OCH3 is 1. The van der Waals surface area contributed by atoms with E-state index in [2.05, 4.69) is 16.0 Å². The molecule has 0 radical (unpaired) electrons. The van der Waals surface area contributed by atoms with E-state index >= 15 is 0 Å². The number of halogens is 2. The van der Waals surface area contributed by atoms with Crippen LogP contribution in [0.5, 0.6) is 5.75 Å². The van der Waals surface area contributed by atoms with Gasteiger partial charge in [0.1, 0.15) is 11.4 Å². The van der Waals surface area contributed by atoms with Gasteiger partial charge in [0.2, 0.25) is 5.91 Å². The minimum absolute atomic E-state index is 0.00522. The van der Waals surface area contributed by atoms with Crippen LogP contribution in [-0.2, 0) is 9.59 Å². The van der Waals surface area contributed by atoms with Crippen molar-refractivity contribution >= 4 is 70.1 Å². The van der Waals surface area contributed by atoms with Crippen molar-refractivity contribution in [2.75, 3.05) is 17.7 Å². The second kappa shape index (κ2) is 14.6. The minimum Gasteiger partial charge on any atom is -0.497 e. The number of carbonyl (C=O) groups is 3. The van der Waals surface area contributed by atoms with Crippen molar-refractivity contribution in [1.29, 1.82) is 0 Å². The van der Waals surface area contributed by atoms with Gasteiger partial charge in [-0.2, -0.15) is 0 Å². The number of carbonyl (C=O) groups excluding carboxylic acids is 3. The van der Waals surface area contributed by atoms with Gasteiger partial charge >= 0.3 is 0 Å². The lowest BCUT2D eigenvalue weighted by molar-refractivity contribution is -0.115. The average molecular weight is 621 g/mol. The number of thioether (sulfide) groups is 1. The molecule has 0 aliphatic carbocycles. The molecule has 0 aliphatic rings. The molecular weight excluding hydrogens is 593 g/mol. The molecule has 0 aromatic heterocycles. The van der Waals surface area contributed by atoms with E-state index in [4.69, 9.17) is 27.9 Å². The van der Waals surface area contributed by atoms with Gasteiger partial charge in [-0.3, -0.25) is 14.4 Å². The summed E-state index contributed by atoms with van der Waals surface area (Å²) < 4.78 is 5.20. The van der Waals surface area contributed by atoms with Crippen LogP contribution in [0.2, 0.25) is 10.0 Å². The molecule has 1 atom stereocenters. The van der Waals surface area contributed by atoms with E-state index in [-0.39, 0.29) is 16.9 Å². The number of rotatable bonds is 10. The standard InChI is InChI=1S/C32H27Cl2N3O4S/c1-20(30(38)36-25-9-6-10-26(19-25)41-2)42-27-15-13-24(14-16-27)35-32(40)29(17-22-11-12-23(33)18-28(22)34)37-31(39)21-7-4-3-5-8-21/h3-20H,1-2H3,(H,35,40)(H,36,38)(H,37,39)/b29-17-. The molecule has 0 saturated heterocycles. The summed E-state index contributed by atoms with van der Waals surface area (Å²) in [5, 5.41) is 8.76. The first-order valence-corrected chi connectivity index (χ1v) is 14.4. The second-order valence-corrected chi connectivity index (χ2v) is 11.3. The lowest BCUT2D eigenvalue weighted by Crippen LogP contribution is -2.30. The third-order valence-corrected chi connectivity index (χ3v) is 7.60. The van der Waals surface area contributed by atoms with Crippen LogP contribution in [0.15, 0.2) is 108 Å². The predicted octanol–water partition coefficient (Wildman–Crippen LogP) is 7.53. The average Bonchev–Trinajstić information content (AvgIpc) is 2.99. The molecule has 0 bridgehead atoms. The third kappa shape index (κ3) is 8.63. The summed E-state index contributed by atoms with van der Waals surface area (Å²) in [5.41, 5.74) is 2.04. The Kier molecular flexibility index (Phi) is 10.7. The van der Waals surface area contributed by atoms with Crippen molar-refractivity contribution < 1.29 is 19.1 Å². The van der Waals surface area contributed by atoms with Gasteiger partial charge < -0.3 is 20.7 Å². The van der Waals surface area contributed by atoms with Gasteiger partial charge in [0, 0.05) is 37.9 Å². The number of hydrogen-bond donors (Lipinski definition) is 3. The molecule has 0 saturated carbocycles. The van der Waals surface area contributed by atoms with Crippen LogP contribution < -0.4 is 20.7 Å². The van der Waals surface area contributed by atoms with Crippen LogP contribution in [0.3, 0.4) is 0 Å². The fourth-order valence-electron chi connectivity index (χ4n) is 3.73. The van der Waals surface area contributed by atoms with E-state index in [9.17, 15) is 14.4 Å². The van der Waals surface area contributed by atoms with Gasteiger partial charge in [-0.1, -0.05) is 53.5 Å². The van der Waals surface area contributed by atoms with Crippen LogP contribution in [0.4, 0.5) is 11.4 Å². The van der Waals surface area contributed by atoms with Crippen LogP contribution >= 0.6 is 35.0 Å². The molecular formula is C32H27Cl2N3O4S. The quantitative estimate of drug-likeness (QED) is 0.126. The van der Waals surface area contributed by atoms with Gasteiger partial charge in [-0.05, 0) is 79.2 Å². The van der Waals surface area contributed by atoms with Crippen LogP contribution in [-0.4, -0.2) is 30.1 Å². The highest BCUT2D eigenvalue weighted by Gasteiger charge is 2.17. The molecule has 4 aromatic rings. The Bertz CT molecular complexity index is 1610. The Hall–Kier alpha value is -4.24. The number of benzene rings is 4. The Balaban J connectivity index is 1.44. The van der Waals surface area contributed by atoms with E-state index in [1.54, 1.807) is 104 Å². The fourth-order valence-corrected chi connectivity index (χ4v) is 5.06. The molecule has 214 valence electrons. The summed E-state index contributed by atoms with van der Waals surface area (Å²) in [4.78, 5) is 39.7. The SMILES string of the molecule is COc1cccc(NC(=O)C(C)Sc2ccc(NC(=O)/C(=C/c3ccc(Cl)cc3Cl)NC(=O)c3ccccc3)cc2)c1. The topological polar surface area (TPSA) is 96.5 Å². The van der Waals surface area contributed by atoms with Crippen molar-refractivity contribution in [3.05, 3.63) is 124 Å². The predicted molar refractivity (Wildman–Crippen MR) is 170 cm³/mol. The molecule has 4 rings (SSSR count). The third-order valence-electron chi connectivity index (χ3n) is 5.92. The molecule has 0 fully saturated rings. The van der Waals surface area contributed by atoms with E-state index < -0.39 is 11.8 Å². The van der Waals surface area contributed by atoms with E-state index in [0.29, 0.717) is 38.3 Å². The molecule has 0 spiro atoms. The van der Waals surface area contributed by atoms with Gasteiger partial charge in [0.15, 0.2) is 0 Å². The minimum atomic E-state index is -0.545. The Morgan fingerprint density at radius 2 is 1.57 bits per heavy atom. The van der Waals surface area contributed by atoms with Gasteiger partial charge in [0.25, 0.3) is 11.8 Å². The summed E-state index contributed by atoms with van der Waals surface area (Å²) >= 11 is 13.7. The van der Waals surface area contributed by atoms with Crippen molar-refractivity contribution in [2.24, 2.45) is 0 Å². The smallest absolute Gasteiger partial charge is 0.272 e. The normalized spacial score (nSPS) is 11.8. The van der Waals surface area contributed by atoms with Crippen molar-refractivity contribution in [1.82, 2.24) is 5.32 Å². The van der Waals surface area contributed by atoms with Crippen LogP contribution in [0.1, 0.15) is 22.8 Å². The largest absolute Gasteiger partial charge is 0.497 e.